The molecule has 0 radical (unpaired) electrons. The predicted molar refractivity (Wildman–Crippen MR) is 114 cm³/mol. The number of hydrogen-bond donors (Lipinski definition) is 1. The molecule has 1 aliphatic carbocycles. The fourth-order valence-electron chi connectivity index (χ4n) is 4.07. The molecule has 1 aliphatic heterocycles. The second-order valence-electron chi connectivity index (χ2n) is 7.59. The van der Waals surface area contributed by atoms with Crippen LogP contribution in [0.25, 0.3) is 0 Å². The molecule has 0 unspecified atom stereocenters. The van der Waals surface area contributed by atoms with Crippen LogP contribution in [0.5, 0.6) is 11.5 Å². The summed E-state index contributed by atoms with van der Waals surface area (Å²) >= 11 is 3.47. The van der Waals surface area contributed by atoms with Crippen LogP contribution in [0.15, 0.2) is 58.9 Å². The highest BCUT2D eigenvalue weighted by molar-refractivity contribution is 9.10. The van der Waals surface area contributed by atoms with Gasteiger partial charge in [0.2, 0.25) is 0 Å². The summed E-state index contributed by atoms with van der Waals surface area (Å²) in [5.74, 6) is 1.92. The molecule has 1 N–H and O–H groups in total. The quantitative estimate of drug-likeness (QED) is 0.614. The number of nitrogens with zero attached hydrogens (tertiary/aromatic N) is 1. The summed E-state index contributed by atoms with van der Waals surface area (Å²) < 4.78 is 12.8. The molecule has 148 valence electrons. The fraction of sp³-hybridized carbons (Fsp3) is 0.391. The van der Waals surface area contributed by atoms with Gasteiger partial charge in [-0.3, -0.25) is 0 Å². The van der Waals surface area contributed by atoms with E-state index in [0.717, 1.165) is 47.5 Å². The number of rotatable bonds is 6. The Kier molecular flexibility index (Phi) is 5.81. The molecule has 28 heavy (non-hydrogen) atoms. The van der Waals surface area contributed by atoms with Crippen LogP contribution in [0.1, 0.15) is 42.7 Å². The Morgan fingerprint density at radius 1 is 1.11 bits per heavy atom. The molecule has 2 aromatic rings. The summed E-state index contributed by atoms with van der Waals surface area (Å²) in [6.45, 7) is 1.50. The second kappa shape index (κ2) is 8.48. The van der Waals surface area contributed by atoms with Gasteiger partial charge >= 0.3 is 0 Å². The van der Waals surface area contributed by atoms with Crippen molar-refractivity contribution in [3.8, 4) is 11.5 Å². The molecular weight excluding hydrogens is 418 g/mol. The van der Waals surface area contributed by atoms with E-state index >= 15 is 0 Å². The Labute approximate surface area is 174 Å². The molecule has 2 aromatic carbocycles. The van der Waals surface area contributed by atoms with Gasteiger partial charge in [-0.05, 0) is 49.4 Å². The number of aliphatic hydroxyl groups is 1. The summed E-state index contributed by atoms with van der Waals surface area (Å²) in [6.07, 6.45) is 6.75. The van der Waals surface area contributed by atoms with E-state index in [4.69, 9.17) is 9.47 Å². The first-order chi connectivity index (χ1) is 13.6. The van der Waals surface area contributed by atoms with Crippen molar-refractivity contribution in [3.05, 3.63) is 70.0 Å². The maximum Gasteiger partial charge on any atom is 0.127 e. The lowest BCUT2D eigenvalue weighted by Gasteiger charge is -2.22. The lowest BCUT2D eigenvalue weighted by Crippen LogP contribution is -2.19. The van der Waals surface area contributed by atoms with Gasteiger partial charge in [-0.25, -0.2) is 0 Å². The zero-order valence-corrected chi connectivity index (χ0v) is 17.7. The minimum absolute atomic E-state index is 0.0854. The van der Waals surface area contributed by atoms with Crippen molar-refractivity contribution in [2.45, 2.75) is 44.2 Å². The van der Waals surface area contributed by atoms with Crippen LogP contribution in [-0.2, 0) is 6.54 Å². The van der Waals surface area contributed by atoms with Crippen LogP contribution in [0.4, 0.5) is 0 Å². The average molecular weight is 444 g/mol. The molecule has 0 saturated heterocycles. The van der Waals surface area contributed by atoms with Gasteiger partial charge in [-0.2, -0.15) is 0 Å². The van der Waals surface area contributed by atoms with E-state index in [1.165, 1.54) is 18.4 Å². The highest BCUT2D eigenvalue weighted by Gasteiger charge is 2.29. The standard InChI is InChI=1S/C23H26BrNO3/c1-27-19-10-11-20(23(12-19)28-18-4-2-3-5-18)21-14-25(15-22(21)26)13-16-6-8-17(24)9-7-16/h6-12,15,18,21,26H,2-5,13-14H2,1H3/t21-/m0/s1. The van der Waals surface area contributed by atoms with Crippen molar-refractivity contribution in [2.24, 2.45) is 0 Å². The topological polar surface area (TPSA) is 41.9 Å². The molecular formula is C23H26BrNO3. The predicted octanol–water partition coefficient (Wildman–Crippen LogP) is 5.78. The Morgan fingerprint density at radius 3 is 2.57 bits per heavy atom. The number of benzene rings is 2. The summed E-state index contributed by atoms with van der Waals surface area (Å²) in [7, 11) is 1.67. The first kappa shape index (κ1) is 19.2. The number of hydrogen-bond acceptors (Lipinski definition) is 4. The van der Waals surface area contributed by atoms with Crippen LogP contribution < -0.4 is 9.47 Å². The smallest absolute Gasteiger partial charge is 0.127 e. The number of ether oxygens (including phenoxy) is 2. The molecule has 4 rings (SSSR count). The third kappa shape index (κ3) is 4.30. The zero-order valence-electron chi connectivity index (χ0n) is 16.1. The molecule has 1 saturated carbocycles. The monoisotopic (exact) mass is 443 g/mol. The van der Waals surface area contributed by atoms with Gasteiger partial charge in [0.1, 0.15) is 17.3 Å². The summed E-state index contributed by atoms with van der Waals surface area (Å²) in [5.41, 5.74) is 2.24. The Bertz CT molecular complexity index is 843. The molecule has 0 spiro atoms. The third-order valence-corrected chi connectivity index (χ3v) is 6.11. The van der Waals surface area contributed by atoms with Gasteiger partial charge in [0.05, 0.1) is 19.1 Å². The van der Waals surface area contributed by atoms with Gasteiger partial charge in [0.15, 0.2) is 0 Å². The van der Waals surface area contributed by atoms with E-state index in [2.05, 4.69) is 33.0 Å². The lowest BCUT2D eigenvalue weighted by molar-refractivity contribution is 0.205. The highest BCUT2D eigenvalue weighted by Crippen LogP contribution is 2.39. The van der Waals surface area contributed by atoms with Crippen molar-refractivity contribution >= 4 is 15.9 Å². The number of methoxy groups -OCH3 is 1. The molecule has 2 aliphatic rings. The first-order valence-corrected chi connectivity index (χ1v) is 10.7. The largest absolute Gasteiger partial charge is 0.510 e. The van der Waals surface area contributed by atoms with Crippen LogP contribution in [-0.4, -0.2) is 29.8 Å². The molecule has 1 atom stereocenters. The minimum Gasteiger partial charge on any atom is -0.510 e. The highest BCUT2D eigenvalue weighted by atomic mass is 79.9. The van der Waals surface area contributed by atoms with Crippen molar-refractivity contribution in [1.29, 1.82) is 0 Å². The van der Waals surface area contributed by atoms with Crippen LogP contribution in [0.3, 0.4) is 0 Å². The molecule has 0 bridgehead atoms. The maximum atomic E-state index is 10.7. The Balaban J connectivity index is 1.53. The molecule has 1 heterocycles. The molecule has 5 heteroatoms. The summed E-state index contributed by atoms with van der Waals surface area (Å²) in [4.78, 5) is 2.16. The minimum atomic E-state index is -0.0854. The van der Waals surface area contributed by atoms with Crippen molar-refractivity contribution < 1.29 is 14.6 Å². The molecule has 0 amide bonds. The summed E-state index contributed by atoms with van der Waals surface area (Å²) in [5, 5.41) is 10.7. The van der Waals surface area contributed by atoms with Gasteiger partial charge in [-0.1, -0.05) is 34.1 Å². The van der Waals surface area contributed by atoms with E-state index in [-0.39, 0.29) is 12.0 Å². The first-order valence-electron chi connectivity index (χ1n) is 9.86. The molecule has 0 aromatic heterocycles. The van der Waals surface area contributed by atoms with Crippen molar-refractivity contribution in [1.82, 2.24) is 4.90 Å². The van der Waals surface area contributed by atoms with Crippen molar-refractivity contribution in [2.75, 3.05) is 13.7 Å². The van der Waals surface area contributed by atoms with E-state index in [1.54, 1.807) is 7.11 Å². The van der Waals surface area contributed by atoms with Crippen LogP contribution >= 0.6 is 15.9 Å². The van der Waals surface area contributed by atoms with Gasteiger partial charge in [-0.15, -0.1) is 0 Å². The number of aliphatic hydroxyl groups excluding tert-OH is 1. The van der Waals surface area contributed by atoms with E-state index < -0.39 is 0 Å². The van der Waals surface area contributed by atoms with Gasteiger partial charge in [0, 0.05) is 35.4 Å². The zero-order chi connectivity index (χ0) is 19.5. The Morgan fingerprint density at radius 2 is 1.86 bits per heavy atom. The van der Waals surface area contributed by atoms with E-state index in [9.17, 15) is 5.11 Å². The fourth-order valence-corrected chi connectivity index (χ4v) is 4.33. The average Bonchev–Trinajstić information content (AvgIpc) is 3.33. The second-order valence-corrected chi connectivity index (χ2v) is 8.51. The van der Waals surface area contributed by atoms with E-state index in [0.29, 0.717) is 5.76 Å². The summed E-state index contributed by atoms with van der Waals surface area (Å²) in [6, 6.07) is 14.2. The molecule has 1 fully saturated rings. The maximum absolute atomic E-state index is 10.7. The SMILES string of the molecule is COc1ccc([C@@H]2CN(Cc3ccc(Br)cc3)C=C2O)c(OC2CCCC2)c1. The Hall–Kier alpha value is -2.14. The van der Waals surface area contributed by atoms with Gasteiger partial charge < -0.3 is 19.5 Å². The number of halogens is 1. The van der Waals surface area contributed by atoms with E-state index in [1.807, 2.05) is 36.5 Å². The van der Waals surface area contributed by atoms with Crippen LogP contribution in [0.2, 0.25) is 0 Å². The third-order valence-electron chi connectivity index (χ3n) is 5.58. The molecule has 4 nitrogen and oxygen atoms in total. The van der Waals surface area contributed by atoms with Gasteiger partial charge in [0.25, 0.3) is 0 Å². The van der Waals surface area contributed by atoms with Crippen LogP contribution in [0, 0.1) is 0 Å². The van der Waals surface area contributed by atoms with Crippen molar-refractivity contribution in [3.63, 3.8) is 0 Å². The normalized spacial score (nSPS) is 19.7. The lowest BCUT2D eigenvalue weighted by atomic mass is 9.97.